The monoisotopic (exact) mass is 1370 g/mol. The van der Waals surface area contributed by atoms with Crippen molar-refractivity contribution in [3.05, 3.63) is 0 Å². The summed E-state index contributed by atoms with van der Waals surface area (Å²) in [7, 11) is 0. The van der Waals surface area contributed by atoms with E-state index in [9.17, 15) is 0 Å². The van der Waals surface area contributed by atoms with E-state index in [4.69, 9.17) is 10.5 Å². The first kappa shape index (κ1) is 227. The van der Waals surface area contributed by atoms with Crippen LogP contribution in [0.3, 0.4) is 0 Å². The smallest absolute Gasteiger partial charge is 0.690 e. The summed E-state index contributed by atoms with van der Waals surface area (Å²) in [5.41, 5.74) is 0. The standard InChI is InChI=1S/Fe.32K.H2O4/c;;;;;;;;;;;;;;;;;;;;;;;;;;;;;;;;;1-3-4-2/h;;;;;;;;;;;;;;;;;;;;;;;;;;;;;;;;;1-2H/q;;;;;;;;;;;;;;;;;;;;;;;;;;;;;;;;+1;/p-1. The summed E-state index contributed by atoms with van der Waals surface area (Å²) < 4.78 is 0. The molecule has 0 heterocycles. The van der Waals surface area contributed by atoms with Crippen LogP contribution >= 0.6 is 0 Å². The molecule has 0 spiro atoms. The first-order valence-corrected chi connectivity index (χ1v) is 0.516. The van der Waals surface area contributed by atoms with Crippen molar-refractivity contribution in [2.45, 2.75) is 0 Å². The minimum Gasteiger partial charge on any atom is -0.690 e. The fraction of sp³-hybridized carbons (Fsp3) is 0. The number of rotatable bonds is 1. The fourth-order valence-electron chi connectivity index (χ4n) is 0. The van der Waals surface area contributed by atoms with Crippen LogP contribution in [0.5, 0.6) is 0 Å². The molecule has 0 aromatic rings. The molecule has 0 saturated carbocycles. The molecule has 0 aromatic carbocycles. The first-order chi connectivity index (χ1) is 1.91. The first-order valence-electron chi connectivity index (χ1n) is 0.516. The molecule has 4 nitrogen and oxygen atoms in total. The Morgan fingerprint density at radius 1 is 0.270 bits per heavy atom. The SMILES string of the molecule is [Fe].[K+].[K].[K].[K].[K].[K].[K].[K].[K].[K].[K].[K].[K].[K].[K].[K].[K].[K].[K].[K].[K].[K].[K].[K].[K].[K].[K].[K].[K].[K].[K].[K].[O-]OOO. The van der Waals surface area contributed by atoms with Crippen LogP contribution in [-0.2, 0) is 27.1 Å². The van der Waals surface area contributed by atoms with Crippen molar-refractivity contribution in [2.75, 3.05) is 0 Å². The molecule has 0 aliphatic heterocycles. The van der Waals surface area contributed by atoms with Gasteiger partial charge >= 0.3 is 51.4 Å². The van der Waals surface area contributed by atoms with E-state index >= 15 is 0 Å². The maximum atomic E-state index is 8.33. The van der Waals surface area contributed by atoms with Gasteiger partial charge in [-0.25, -0.2) is 5.26 Å². The number of hydrogen-bond acceptors (Lipinski definition) is 4. The van der Waals surface area contributed by atoms with Crippen LogP contribution in [0.25, 0.3) is 0 Å². The molecule has 0 aromatic heterocycles. The van der Waals surface area contributed by atoms with Gasteiger partial charge in [0, 0.05) is 1610 Å². The average Bonchev–Trinajstić information content (AvgIpc) is 1.37. The van der Waals surface area contributed by atoms with Crippen molar-refractivity contribution >= 4 is 1590 Å². The zero-order chi connectivity index (χ0) is 3.41. The minimum absolute atomic E-state index is 0. The molecular formula is HFeK32O4. The Labute approximate surface area is 1600 Å². The van der Waals surface area contributed by atoms with E-state index in [0.717, 1.165) is 0 Å². The molecule has 65 valence electrons. The summed E-state index contributed by atoms with van der Waals surface area (Å²) >= 11 is 0. The third kappa shape index (κ3) is 231. The predicted octanol–water partition coefficient (Wildman–Crippen LogP) is -16.1. The second kappa shape index (κ2) is 228. The number of hydrogen-bond donors (Lipinski definition) is 1. The second-order valence-electron chi connectivity index (χ2n) is 0.143. The summed E-state index contributed by atoms with van der Waals surface area (Å²) in [6.45, 7) is 0. The van der Waals surface area contributed by atoms with E-state index in [1.807, 2.05) is 0 Å². The van der Waals surface area contributed by atoms with Gasteiger partial charge in [-0.15, -0.1) is 0 Å². The Bertz CT molecular complexity index is 26.7. The van der Waals surface area contributed by atoms with Gasteiger partial charge in [-0.3, -0.25) is 5.04 Å². The van der Waals surface area contributed by atoms with Crippen molar-refractivity contribution in [1.82, 2.24) is 0 Å². The third-order valence-electron chi connectivity index (χ3n) is 0.0304. The summed E-state index contributed by atoms with van der Waals surface area (Å²) in [5.74, 6) is 0. The van der Waals surface area contributed by atoms with E-state index in [0.29, 0.717) is 0 Å². The summed E-state index contributed by atoms with van der Waals surface area (Å²) in [6.07, 6.45) is 0. The molecule has 0 unspecified atom stereocenters. The van der Waals surface area contributed by atoms with E-state index in [2.05, 4.69) is 10.1 Å². The molecule has 31 radical (unpaired) electrons. The molecular weight excluding hydrogens is 1370 g/mol. The quantitative estimate of drug-likeness (QED) is 0.161. The van der Waals surface area contributed by atoms with E-state index in [1.165, 1.54) is 0 Å². The Morgan fingerprint density at radius 2 is 0.297 bits per heavy atom. The Kier molecular flexibility index (Phi) is 1400. The Hall–Kier alpha value is 52.7. The zero-order valence-corrected chi connectivity index (χ0v) is 135. The van der Waals surface area contributed by atoms with Gasteiger partial charge in [-0.2, -0.15) is 0 Å². The Morgan fingerprint density at radius 3 is 0.297 bits per heavy atom. The van der Waals surface area contributed by atoms with Crippen LogP contribution in [0.1, 0.15) is 0 Å². The normalized spacial score (nSPS) is 0.811. The van der Waals surface area contributed by atoms with E-state index < -0.39 is 0 Å². The van der Waals surface area contributed by atoms with E-state index in [-0.39, 0.29) is 1660 Å². The third-order valence-corrected chi connectivity index (χ3v) is 0.0304. The molecule has 0 atom stereocenters. The average molecular weight is 1370 g/mol. The molecule has 0 amide bonds. The minimum atomic E-state index is 0. The molecule has 37 heavy (non-hydrogen) atoms. The molecule has 37 heteroatoms. The summed E-state index contributed by atoms with van der Waals surface area (Å²) in [4.78, 5) is 0. The molecule has 0 aliphatic carbocycles. The van der Waals surface area contributed by atoms with E-state index in [1.54, 1.807) is 0 Å². The van der Waals surface area contributed by atoms with Crippen LogP contribution in [0.2, 0.25) is 0 Å². The van der Waals surface area contributed by atoms with Crippen LogP contribution in [-0.4, -0.2) is 1600 Å². The van der Waals surface area contributed by atoms with Gasteiger partial charge in [0.2, 0.25) is 0 Å². The van der Waals surface area contributed by atoms with Crippen molar-refractivity contribution in [3.63, 3.8) is 0 Å². The summed E-state index contributed by atoms with van der Waals surface area (Å²) in [6, 6.07) is 0. The maximum absolute atomic E-state index is 8.33. The molecule has 1 N–H and O–H groups in total. The van der Waals surface area contributed by atoms with Crippen molar-refractivity contribution < 1.29 is 89.0 Å². The van der Waals surface area contributed by atoms with Gasteiger partial charge in [0.05, 0.1) is 0 Å². The molecule has 0 fully saturated rings. The van der Waals surface area contributed by atoms with Crippen LogP contribution in [0.15, 0.2) is 0 Å². The largest absolute Gasteiger partial charge is 1.00 e. The van der Waals surface area contributed by atoms with Crippen molar-refractivity contribution in [1.29, 1.82) is 0 Å². The molecule has 0 aliphatic rings. The van der Waals surface area contributed by atoms with Crippen LogP contribution in [0, 0.1) is 0 Å². The predicted molar refractivity (Wildman–Crippen MR) is 183 cm³/mol. The second-order valence-corrected chi connectivity index (χ2v) is 0.143. The van der Waals surface area contributed by atoms with Crippen LogP contribution < -0.4 is 56.6 Å². The zero-order valence-electron chi connectivity index (χ0n) is 34.0. The molecule has 0 bridgehead atoms. The molecule has 0 saturated heterocycles. The maximum Gasteiger partial charge on any atom is 1.00 e. The van der Waals surface area contributed by atoms with Gasteiger partial charge in [0.1, 0.15) is 0 Å². The van der Waals surface area contributed by atoms with Gasteiger partial charge in [0.15, 0.2) is 0 Å². The van der Waals surface area contributed by atoms with Gasteiger partial charge in [-0.05, 0) is 0 Å². The fourth-order valence-corrected chi connectivity index (χ4v) is 0. The molecule has 0 rings (SSSR count). The van der Waals surface area contributed by atoms with Crippen molar-refractivity contribution in [3.8, 4) is 0 Å². The van der Waals surface area contributed by atoms with Crippen molar-refractivity contribution in [2.24, 2.45) is 0 Å². The topological polar surface area (TPSA) is 61.8 Å². The van der Waals surface area contributed by atoms with Gasteiger partial charge in [-0.1, -0.05) is 5.04 Å². The van der Waals surface area contributed by atoms with Gasteiger partial charge < -0.3 is 5.26 Å². The Balaban J connectivity index is -0.0000000000852. The van der Waals surface area contributed by atoms with Gasteiger partial charge in [0.25, 0.3) is 0 Å². The van der Waals surface area contributed by atoms with Crippen LogP contribution in [0.4, 0.5) is 0 Å². The summed E-state index contributed by atoms with van der Waals surface area (Å²) in [5, 5.41) is 20.0.